The lowest BCUT2D eigenvalue weighted by molar-refractivity contribution is 0.290. The van der Waals surface area contributed by atoms with Crippen LogP contribution >= 0.6 is 0 Å². The summed E-state index contributed by atoms with van der Waals surface area (Å²) in [6, 6.07) is 4.16. The molecule has 2 heterocycles. The fourth-order valence-electron chi connectivity index (χ4n) is 1.58. The molecule has 2 heteroatoms. The molecule has 1 aliphatic heterocycles. The zero-order chi connectivity index (χ0) is 8.93. The molecule has 68 valence electrons. The van der Waals surface area contributed by atoms with E-state index in [2.05, 4.69) is 34.2 Å². The Morgan fingerprint density at radius 3 is 2.77 bits per heavy atom. The van der Waals surface area contributed by atoms with Crippen molar-refractivity contribution in [2.75, 3.05) is 13.1 Å². The number of pyridine rings is 1. The van der Waals surface area contributed by atoms with Crippen LogP contribution in [0.5, 0.6) is 0 Å². The van der Waals surface area contributed by atoms with E-state index in [-0.39, 0.29) is 0 Å². The zero-order valence-electron chi connectivity index (χ0n) is 7.69. The number of hydrogen-bond donors (Lipinski definition) is 0. The molecule has 13 heavy (non-hydrogen) atoms. The van der Waals surface area contributed by atoms with Crippen LogP contribution < -0.4 is 0 Å². The van der Waals surface area contributed by atoms with Crippen molar-refractivity contribution in [3.63, 3.8) is 0 Å². The monoisotopic (exact) mass is 174 g/mol. The van der Waals surface area contributed by atoms with Gasteiger partial charge < -0.3 is 0 Å². The molecule has 1 aromatic heterocycles. The predicted octanol–water partition coefficient (Wildman–Crippen LogP) is 1.84. The van der Waals surface area contributed by atoms with Gasteiger partial charge >= 0.3 is 0 Å². The van der Waals surface area contributed by atoms with Gasteiger partial charge in [-0.3, -0.25) is 9.88 Å². The molecule has 0 atom stereocenters. The highest BCUT2D eigenvalue weighted by molar-refractivity contribution is 5.10. The molecule has 0 unspecified atom stereocenters. The maximum Gasteiger partial charge on any atom is 0.0271 e. The smallest absolute Gasteiger partial charge is 0.0271 e. The molecule has 0 saturated heterocycles. The molecule has 0 spiro atoms. The van der Waals surface area contributed by atoms with Gasteiger partial charge in [-0.15, -0.1) is 0 Å². The molecule has 1 aromatic rings. The van der Waals surface area contributed by atoms with Crippen molar-refractivity contribution in [3.05, 3.63) is 42.2 Å². The Balaban J connectivity index is 1.94. The van der Waals surface area contributed by atoms with Gasteiger partial charge in [0.1, 0.15) is 0 Å². The second-order valence-corrected chi connectivity index (χ2v) is 3.35. The predicted molar refractivity (Wildman–Crippen MR) is 53.3 cm³/mol. The number of nitrogens with zero attached hydrogens (tertiary/aromatic N) is 2. The second-order valence-electron chi connectivity index (χ2n) is 3.35. The molecule has 0 amide bonds. The lowest BCUT2D eigenvalue weighted by Gasteiger charge is -2.22. The van der Waals surface area contributed by atoms with Crippen LogP contribution in [0.3, 0.4) is 0 Å². The van der Waals surface area contributed by atoms with Crippen LogP contribution in [0.4, 0.5) is 0 Å². The van der Waals surface area contributed by atoms with E-state index >= 15 is 0 Å². The average Bonchev–Trinajstić information content (AvgIpc) is 2.21. The van der Waals surface area contributed by atoms with E-state index in [0.717, 1.165) is 13.1 Å². The summed E-state index contributed by atoms with van der Waals surface area (Å²) < 4.78 is 0. The van der Waals surface area contributed by atoms with Gasteiger partial charge in [-0.05, 0) is 24.1 Å². The third kappa shape index (κ3) is 2.39. The van der Waals surface area contributed by atoms with Gasteiger partial charge in [-0.1, -0.05) is 12.2 Å². The molecule has 0 saturated carbocycles. The van der Waals surface area contributed by atoms with E-state index in [4.69, 9.17) is 0 Å². The maximum absolute atomic E-state index is 4.01. The highest BCUT2D eigenvalue weighted by Gasteiger charge is 2.05. The van der Waals surface area contributed by atoms with Gasteiger partial charge in [-0.2, -0.15) is 0 Å². The van der Waals surface area contributed by atoms with Crippen molar-refractivity contribution in [2.45, 2.75) is 13.0 Å². The largest absolute Gasteiger partial charge is 0.295 e. The molecule has 0 N–H and O–H groups in total. The molecule has 2 nitrogen and oxygen atoms in total. The van der Waals surface area contributed by atoms with E-state index in [0.29, 0.717) is 0 Å². The van der Waals surface area contributed by atoms with E-state index in [1.807, 2.05) is 12.4 Å². The van der Waals surface area contributed by atoms with Crippen LogP contribution in [0.25, 0.3) is 0 Å². The summed E-state index contributed by atoms with van der Waals surface area (Å²) in [6.07, 6.45) is 9.39. The zero-order valence-corrected chi connectivity index (χ0v) is 7.69. The Labute approximate surface area is 78.9 Å². The normalized spacial score (nSPS) is 17.5. The van der Waals surface area contributed by atoms with Gasteiger partial charge in [0.2, 0.25) is 0 Å². The van der Waals surface area contributed by atoms with Crippen molar-refractivity contribution in [1.82, 2.24) is 9.88 Å². The number of rotatable bonds is 2. The van der Waals surface area contributed by atoms with Crippen molar-refractivity contribution in [1.29, 1.82) is 0 Å². The van der Waals surface area contributed by atoms with E-state index in [1.165, 1.54) is 18.5 Å². The average molecular weight is 174 g/mol. The SMILES string of the molecule is C1=CCN(Cc2ccncc2)CC1. The summed E-state index contributed by atoms with van der Waals surface area (Å²) in [5.41, 5.74) is 1.35. The van der Waals surface area contributed by atoms with Crippen molar-refractivity contribution in [3.8, 4) is 0 Å². The van der Waals surface area contributed by atoms with Gasteiger partial charge in [0, 0.05) is 32.0 Å². The summed E-state index contributed by atoms with van der Waals surface area (Å²) >= 11 is 0. The third-order valence-corrected chi connectivity index (χ3v) is 2.30. The van der Waals surface area contributed by atoms with E-state index in [9.17, 15) is 0 Å². The minimum absolute atomic E-state index is 1.05. The first-order valence-electron chi connectivity index (χ1n) is 4.71. The fraction of sp³-hybridized carbons (Fsp3) is 0.364. The van der Waals surface area contributed by atoms with Gasteiger partial charge in [0.15, 0.2) is 0 Å². The Bertz CT molecular complexity index is 279. The maximum atomic E-state index is 4.01. The third-order valence-electron chi connectivity index (χ3n) is 2.30. The molecule has 0 radical (unpaired) electrons. The molecule has 0 aromatic carbocycles. The van der Waals surface area contributed by atoms with Crippen LogP contribution in [-0.4, -0.2) is 23.0 Å². The van der Waals surface area contributed by atoms with Crippen molar-refractivity contribution < 1.29 is 0 Å². The molecule has 1 aliphatic rings. The van der Waals surface area contributed by atoms with Gasteiger partial charge in [0.25, 0.3) is 0 Å². The fourth-order valence-corrected chi connectivity index (χ4v) is 1.58. The molecule has 2 rings (SSSR count). The number of hydrogen-bond acceptors (Lipinski definition) is 2. The summed E-state index contributed by atoms with van der Waals surface area (Å²) in [7, 11) is 0. The summed E-state index contributed by atoms with van der Waals surface area (Å²) in [5, 5.41) is 0. The lowest BCUT2D eigenvalue weighted by Crippen LogP contribution is -2.26. The standard InChI is InChI=1S/C11H14N2/c1-2-8-13(9-3-1)10-11-4-6-12-7-5-11/h1-2,4-7H,3,8-10H2. The molecule has 0 fully saturated rings. The Morgan fingerprint density at radius 2 is 2.08 bits per heavy atom. The highest BCUT2D eigenvalue weighted by Crippen LogP contribution is 2.07. The van der Waals surface area contributed by atoms with Crippen LogP contribution in [0.2, 0.25) is 0 Å². The van der Waals surface area contributed by atoms with Crippen LogP contribution in [0, 0.1) is 0 Å². The highest BCUT2D eigenvalue weighted by atomic mass is 15.1. The first-order chi connectivity index (χ1) is 6.45. The van der Waals surface area contributed by atoms with Crippen LogP contribution in [-0.2, 0) is 6.54 Å². The Morgan fingerprint density at radius 1 is 1.23 bits per heavy atom. The topological polar surface area (TPSA) is 16.1 Å². The lowest BCUT2D eigenvalue weighted by atomic mass is 10.2. The Kier molecular flexibility index (Phi) is 2.72. The summed E-state index contributed by atoms with van der Waals surface area (Å²) in [5.74, 6) is 0. The summed E-state index contributed by atoms with van der Waals surface area (Å²) in [4.78, 5) is 6.45. The minimum Gasteiger partial charge on any atom is -0.295 e. The minimum atomic E-state index is 1.05. The molecular weight excluding hydrogens is 160 g/mol. The Hall–Kier alpha value is -1.15. The quantitative estimate of drug-likeness (QED) is 0.636. The summed E-state index contributed by atoms with van der Waals surface area (Å²) in [6.45, 7) is 3.31. The first kappa shape index (κ1) is 8.45. The second kappa shape index (κ2) is 4.19. The molecular formula is C11H14N2. The van der Waals surface area contributed by atoms with E-state index in [1.54, 1.807) is 0 Å². The molecule has 0 bridgehead atoms. The van der Waals surface area contributed by atoms with Crippen LogP contribution in [0.15, 0.2) is 36.7 Å². The van der Waals surface area contributed by atoms with E-state index < -0.39 is 0 Å². The van der Waals surface area contributed by atoms with Crippen molar-refractivity contribution >= 4 is 0 Å². The first-order valence-corrected chi connectivity index (χ1v) is 4.71. The number of aromatic nitrogens is 1. The molecule has 0 aliphatic carbocycles. The van der Waals surface area contributed by atoms with Crippen LogP contribution in [0.1, 0.15) is 12.0 Å². The van der Waals surface area contributed by atoms with Crippen molar-refractivity contribution in [2.24, 2.45) is 0 Å². The van der Waals surface area contributed by atoms with Gasteiger partial charge in [-0.25, -0.2) is 0 Å². The van der Waals surface area contributed by atoms with Gasteiger partial charge in [0.05, 0.1) is 0 Å².